The summed E-state index contributed by atoms with van der Waals surface area (Å²) >= 11 is 1.66. The quantitative estimate of drug-likeness (QED) is 0.454. The number of hydrogen-bond donors (Lipinski definition) is 2. The highest BCUT2D eigenvalue weighted by molar-refractivity contribution is 7.99. The van der Waals surface area contributed by atoms with Crippen molar-refractivity contribution in [1.29, 1.82) is 0 Å². The number of benzene rings is 2. The molecule has 0 radical (unpaired) electrons. The highest BCUT2D eigenvalue weighted by atomic mass is 32.2. The van der Waals surface area contributed by atoms with Gasteiger partial charge in [0, 0.05) is 36.4 Å². The number of carbonyl (C=O) groups is 1. The maximum Gasteiger partial charge on any atom is 0.251 e. The number of methoxy groups -OCH3 is 1. The molecule has 0 saturated heterocycles. The van der Waals surface area contributed by atoms with Gasteiger partial charge in [0.2, 0.25) is 10.0 Å². The summed E-state index contributed by atoms with van der Waals surface area (Å²) in [6.07, 6.45) is 0. The van der Waals surface area contributed by atoms with Crippen LogP contribution in [0.2, 0.25) is 0 Å². The van der Waals surface area contributed by atoms with Crippen LogP contribution >= 0.6 is 11.8 Å². The molecule has 2 N–H and O–H groups in total. The van der Waals surface area contributed by atoms with Gasteiger partial charge in [-0.25, -0.2) is 13.1 Å². The number of ether oxygens (including phenoxy) is 1. The first kappa shape index (κ1) is 22.4. The normalized spacial score (nSPS) is 11.4. The van der Waals surface area contributed by atoms with E-state index in [0.717, 1.165) is 16.2 Å². The largest absolute Gasteiger partial charge is 0.383 e. The molecule has 2 rings (SSSR count). The van der Waals surface area contributed by atoms with Crippen molar-refractivity contribution in [3.63, 3.8) is 0 Å². The zero-order chi connectivity index (χ0) is 20.6. The van der Waals surface area contributed by atoms with Crippen LogP contribution in [0.5, 0.6) is 0 Å². The Labute approximate surface area is 171 Å². The average Bonchev–Trinajstić information content (AvgIpc) is 2.66. The Bertz CT molecular complexity index is 897. The Hall–Kier alpha value is -1.87. The molecule has 2 aromatic rings. The molecule has 0 atom stereocenters. The van der Waals surface area contributed by atoms with Crippen LogP contribution in [0.25, 0.3) is 0 Å². The van der Waals surface area contributed by atoms with E-state index in [0.29, 0.717) is 12.1 Å². The van der Waals surface area contributed by atoms with Gasteiger partial charge < -0.3 is 10.1 Å². The van der Waals surface area contributed by atoms with Crippen LogP contribution in [0.15, 0.2) is 52.3 Å². The summed E-state index contributed by atoms with van der Waals surface area (Å²) in [4.78, 5) is 13.7. The number of aryl methyl sites for hydroxylation is 2. The van der Waals surface area contributed by atoms with E-state index < -0.39 is 10.0 Å². The molecule has 2 aromatic carbocycles. The maximum absolute atomic E-state index is 12.5. The molecular formula is C20H26N2O4S2. The Kier molecular flexibility index (Phi) is 8.50. The lowest BCUT2D eigenvalue weighted by molar-refractivity contribution is 0.0955. The molecule has 0 aliphatic heterocycles. The third-order valence-electron chi connectivity index (χ3n) is 4.04. The van der Waals surface area contributed by atoms with Crippen LogP contribution in [-0.4, -0.2) is 46.9 Å². The predicted molar refractivity (Wildman–Crippen MR) is 112 cm³/mol. The highest BCUT2D eigenvalue weighted by Gasteiger charge is 2.17. The van der Waals surface area contributed by atoms with Crippen LogP contribution in [0.1, 0.15) is 21.5 Å². The molecule has 28 heavy (non-hydrogen) atoms. The van der Waals surface area contributed by atoms with Gasteiger partial charge in [-0.2, -0.15) is 0 Å². The topological polar surface area (TPSA) is 84.5 Å². The summed E-state index contributed by atoms with van der Waals surface area (Å²) in [6, 6.07) is 12.8. The van der Waals surface area contributed by atoms with Crippen LogP contribution in [-0.2, 0) is 14.8 Å². The lowest BCUT2D eigenvalue weighted by Gasteiger charge is -2.11. The van der Waals surface area contributed by atoms with E-state index in [9.17, 15) is 13.2 Å². The van der Waals surface area contributed by atoms with Crippen molar-refractivity contribution >= 4 is 27.7 Å². The van der Waals surface area contributed by atoms with Gasteiger partial charge in [0.15, 0.2) is 0 Å². The van der Waals surface area contributed by atoms with Gasteiger partial charge in [0.25, 0.3) is 5.91 Å². The number of amides is 1. The standard InChI is InChI=1S/C20H26N2O4S2/c1-15-4-7-17(8-5-15)27-13-11-21-20(23)19-14-18(9-6-16(19)2)28(24,25)22-10-12-26-3/h4-9,14,22H,10-13H2,1-3H3,(H,21,23). The third-order valence-corrected chi connectivity index (χ3v) is 6.51. The molecule has 0 heterocycles. The van der Waals surface area contributed by atoms with Crippen LogP contribution in [0, 0.1) is 13.8 Å². The Balaban J connectivity index is 1.95. The minimum atomic E-state index is -3.68. The fourth-order valence-corrected chi connectivity index (χ4v) is 4.24. The van der Waals surface area contributed by atoms with Crippen molar-refractivity contribution < 1.29 is 17.9 Å². The molecule has 1 amide bonds. The van der Waals surface area contributed by atoms with E-state index in [2.05, 4.69) is 34.3 Å². The summed E-state index contributed by atoms with van der Waals surface area (Å²) in [5, 5.41) is 2.86. The number of nitrogens with one attached hydrogen (secondary N) is 2. The van der Waals surface area contributed by atoms with Gasteiger partial charge in [-0.3, -0.25) is 4.79 Å². The fraction of sp³-hybridized carbons (Fsp3) is 0.350. The number of hydrogen-bond acceptors (Lipinski definition) is 5. The third kappa shape index (κ3) is 6.63. The molecular weight excluding hydrogens is 396 g/mol. The number of carbonyl (C=O) groups excluding carboxylic acids is 1. The summed E-state index contributed by atoms with van der Waals surface area (Å²) in [6.45, 7) is 4.75. The number of sulfonamides is 1. The van der Waals surface area contributed by atoms with Crippen molar-refractivity contribution in [2.75, 3.05) is 32.6 Å². The lowest BCUT2D eigenvalue weighted by atomic mass is 10.1. The lowest BCUT2D eigenvalue weighted by Crippen LogP contribution is -2.29. The Morgan fingerprint density at radius 1 is 1.07 bits per heavy atom. The average molecular weight is 423 g/mol. The molecule has 8 heteroatoms. The predicted octanol–water partition coefficient (Wildman–Crippen LogP) is 2.75. The Morgan fingerprint density at radius 2 is 1.79 bits per heavy atom. The first-order chi connectivity index (χ1) is 13.3. The fourth-order valence-electron chi connectivity index (χ4n) is 2.44. The van der Waals surface area contributed by atoms with E-state index in [1.165, 1.54) is 24.8 Å². The molecule has 0 unspecified atom stereocenters. The molecule has 0 spiro atoms. The van der Waals surface area contributed by atoms with Crippen molar-refractivity contribution in [2.24, 2.45) is 0 Å². The molecule has 0 aliphatic rings. The summed E-state index contributed by atoms with van der Waals surface area (Å²) in [7, 11) is -2.18. The van der Waals surface area contributed by atoms with Gasteiger partial charge in [-0.1, -0.05) is 23.8 Å². The minimum Gasteiger partial charge on any atom is -0.383 e. The summed E-state index contributed by atoms with van der Waals surface area (Å²) in [5.41, 5.74) is 2.29. The van der Waals surface area contributed by atoms with Crippen LogP contribution in [0.4, 0.5) is 0 Å². The van der Waals surface area contributed by atoms with Crippen molar-refractivity contribution in [3.8, 4) is 0 Å². The van der Waals surface area contributed by atoms with Crippen LogP contribution in [0.3, 0.4) is 0 Å². The van der Waals surface area contributed by atoms with Crippen molar-refractivity contribution in [2.45, 2.75) is 23.6 Å². The van der Waals surface area contributed by atoms with Gasteiger partial charge in [0.05, 0.1) is 11.5 Å². The molecule has 0 aliphatic carbocycles. The molecule has 0 fully saturated rings. The first-order valence-electron chi connectivity index (χ1n) is 8.90. The van der Waals surface area contributed by atoms with E-state index in [4.69, 9.17) is 4.74 Å². The monoisotopic (exact) mass is 422 g/mol. The smallest absolute Gasteiger partial charge is 0.251 e. The van der Waals surface area contributed by atoms with E-state index in [-0.39, 0.29) is 24.0 Å². The molecule has 152 valence electrons. The zero-order valence-corrected chi connectivity index (χ0v) is 18.0. The van der Waals surface area contributed by atoms with Gasteiger partial charge in [-0.05, 0) is 43.7 Å². The molecule has 0 aromatic heterocycles. The number of rotatable bonds is 10. The first-order valence-corrected chi connectivity index (χ1v) is 11.4. The minimum absolute atomic E-state index is 0.0633. The van der Waals surface area contributed by atoms with Crippen LogP contribution < -0.4 is 10.0 Å². The van der Waals surface area contributed by atoms with Gasteiger partial charge in [0.1, 0.15) is 0 Å². The van der Waals surface area contributed by atoms with Gasteiger partial charge >= 0.3 is 0 Å². The molecule has 0 saturated carbocycles. The van der Waals surface area contributed by atoms with E-state index in [1.54, 1.807) is 24.8 Å². The van der Waals surface area contributed by atoms with E-state index >= 15 is 0 Å². The number of thioether (sulfide) groups is 1. The van der Waals surface area contributed by atoms with Gasteiger partial charge in [-0.15, -0.1) is 11.8 Å². The summed E-state index contributed by atoms with van der Waals surface area (Å²) < 4.78 is 32.0. The Morgan fingerprint density at radius 3 is 2.46 bits per heavy atom. The molecule has 6 nitrogen and oxygen atoms in total. The maximum atomic E-state index is 12.5. The molecule has 0 bridgehead atoms. The summed E-state index contributed by atoms with van der Waals surface area (Å²) in [5.74, 6) is 0.445. The van der Waals surface area contributed by atoms with Crippen molar-refractivity contribution in [3.05, 3.63) is 59.2 Å². The SMILES string of the molecule is COCCNS(=O)(=O)c1ccc(C)c(C(=O)NCCSc2ccc(C)cc2)c1. The van der Waals surface area contributed by atoms with E-state index in [1.807, 2.05) is 6.92 Å². The zero-order valence-electron chi connectivity index (χ0n) is 16.3. The highest BCUT2D eigenvalue weighted by Crippen LogP contribution is 2.18. The second-order valence-corrected chi connectivity index (χ2v) is 9.22. The second kappa shape index (κ2) is 10.6. The van der Waals surface area contributed by atoms with Crippen molar-refractivity contribution in [1.82, 2.24) is 10.0 Å². The second-order valence-electron chi connectivity index (χ2n) is 6.28.